The van der Waals surface area contributed by atoms with Crippen LogP contribution in [0.4, 0.5) is 4.39 Å². The third kappa shape index (κ3) is 2.34. The van der Waals surface area contributed by atoms with Gasteiger partial charge in [-0.2, -0.15) is 0 Å². The molecule has 0 amide bonds. The van der Waals surface area contributed by atoms with Gasteiger partial charge < -0.3 is 5.11 Å². The van der Waals surface area contributed by atoms with Crippen LogP contribution in [0.2, 0.25) is 0 Å². The Morgan fingerprint density at radius 1 is 2.00 bits per heavy atom. The van der Waals surface area contributed by atoms with E-state index in [9.17, 15) is 4.39 Å². The first-order valence-corrected chi connectivity index (χ1v) is 2.04. The molecule has 0 aliphatic heterocycles. The van der Waals surface area contributed by atoms with Gasteiger partial charge in [-0.15, -0.1) is 6.58 Å². The van der Waals surface area contributed by atoms with Crippen molar-refractivity contribution in [1.82, 2.24) is 0 Å². The minimum Gasteiger partial charge on any atom is -0.383 e. The van der Waals surface area contributed by atoms with Gasteiger partial charge in [0, 0.05) is 0 Å². The molecule has 0 rings (SSSR count). The van der Waals surface area contributed by atoms with Gasteiger partial charge in [-0.25, -0.2) is 4.39 Å². The molecule has 0 aromatic rings. The molecule has 0 aliphatic rings. The summed E-state index contributed by atoms with van der Waals surface area (Å²) in [7, 11) is 0. The van der Waals surface area contributed by atoms with Crippen molar-refractivity contribution in [3.63, 3.8) is 0 Å². The molecule has 0 aromatic carbocycles. The molecule has 0 saturated heterocycles. The summed E-state index contributed by atoms with van der Waals surface area (Å²) < 4.78 is 11.4. The van der Waals surface area contributed by atoms with Gasteiger partial charge in [0.15, 0.2) is 0 Å². The molecular formula is C5H9FO. The lowest BCUT2D eigenvalue weighted by atomic mass is 10.1. The molecule has 0 aromatic heterocycles. The van der Waals surface area contributed by atoms with Gasteiger partial charge in [0.1, 0.15) is 12.3 Å². The lowest BCUT2D eigenvalue weighted by Gasteiger charge is -2.10. The lowest BCUT2D eigenvalue weighted by molar-refractivity contribution is 0.0813. The van der Waals surface area contributed by atoms with Crippen LogP contribution in [0.1, 0.15) is 6.92 Å². The fraction of sp³-hybridized carbons (Fsp3) is 0.600. The maximum Gasteiger partial charge on any atom is 0.121 e. The molecule has 0 fully saturated rings. The number of halogens is 1. The van der Waals surface area contributed by atoms with Gasteiger partial charge in [0.2, 0.25) is 0 Å². The third-order valence-electron chi connectivity index (χ3n) is 0.710. The first-order chi connectivity index (χ1) is 3.12. The van der Waals surface area contributed by atoms with E-state index < -0.39 is 12.3 Å². The minimum absolute atomic E-state index is 0.767. The molecule has 42 valence electrons. The Bertz CT molecular complexity index is 68.5. The number of aliphatic hydroxyl groups is 1. The van der Waals surface area contributed by atoms with Gasteiger partial charge in [0.05, 0.1) is 0 Å². The minimum atomic E-state index is -1.32. The quantitative estimate of drug-likeness (QED) is 0.516. The van der Waals surface area contributed by atoms with E-state index in [1.54, 1.807) is 0 Å². The van der Waals surface area contributed by atoms with E-state index >= 15 is 0 Å². The molecule has 0 bridgehead atoms. The Morgan fingerprint density at radius 2 is 2.43 bits per heavy atom. The van der Waals surface area contributed by atoms with E-state index in [4.69, 9.17) is 5.11 Å². The molecule has 1 atom stereocenters. The number of rotatable bonds is 2. The van der Waals surface area contributed by atoms with Crippen molar-refractivity contribution in [2.75, 3.05) is 6.67 Å². The van der Waals surface area contributed by atoms with E-state index in [-0.39, 0.29) is 0 Å². The van der Waals surface area contributed by atoms with Crippen LogP contribution < -0.4 is 0 Å². The van der Waals surface area contributed by atoms with Crippen LogP contribution in [0, 0.1) is 0 Å². The first-order valence-electron chi connectivity index (χ1n) is 2.04. The van der Waals surface area contributed by atoms with Crippen LogP contribution in [-0.4, -0.2) is 17.4 Å². The molecule has 1 nitrogen and oxygen atoms in total. The summed E-state index contributed by atoms with van der Waals surface area (Å²) in [5, 5.41) is 8.64. The summed E-state index contributed by atoms with van der Waals surface area (Å²) in [6.45, 7) is 3.81. The summed E-state index contributed by atoms with van der Waals surface area (Å²) in [5.41, 5.74) is -1.32. The Hall–Kier alpha value is -0.370. The average molecular weight is 104 g/mol. The number of alkyl halides is 1. The zero-order chi connectivity index (χ0) is 5.91. The van der Waals surface area contributed by atoms with E-state index in [1.807, 2.05) is 0 Å². The van der Waals surface area contributed by atoms with Crippen molar-refractivity contribution >= 4 is 0 Å². The lowest BCUT2D eigenvalue weighted by Crippen LogP contribution is -2.22. The second kappa shape index (κ2) is 2.07. The largest absolute Gasteiger partial charge is 0.383 e. The van der Waals surface area contributed by atoms with E-state index in [1.165, 1.54) is 13.0 Å². The van der Waals surface area contributed by atoms with E-state index in [0.29, 0.717) is 0 Å². The summed E-state index contributed by atoms with van der Waals surface area (Å²) in [6.07, 6.45) is 1.17. The summed E-state index contributed by atoms with van der Waals surface area (Å²) in [6, 6.07) is 0. The van der Waals surface area contributed by atoms with Crippen LogP contribution >= 0.6 is 0 Å². The molecule has 1 N–H and O–H groups in total. The summed E-state index contributed by atoms with van der Waals surface area (Å²) >= 11 is 0. The zero-order valence-electron chi connectivity index (χ0n) is 4.32. The highest BCUT2D eigenvalue weighted by molar-refractivity contribution is 4.90. The third-order valence-corrected chi connectivity index (χ3v) is 0.710. The van der Waals surface area contributed by atoms with Crippen molar-refractivity contribution in [1.29, 1.82) is 0 Å². The van der Waals surface area contributed by atoms with Crippen molar-refractivity contribution in [2.24, 2.45) is 0 Å². The van der Waals surface area contributed by atoms with Gasteiger partial charge in [-0.1, -0.05) is 6.08 Å². The summed E-state index contributed by atoms with van der Waals surface area (Å²) in [4.78, 5) is 0. The highest BCUT2D eigenvalue weighted by atomic mass is 19.1. The summed E-state index contributed by atoms with van der Waals surface area (Å²) in [5.74, 6) is 0. The Labute approximate surface area is 42.5 Å². The van der Waals surface area contributed by atoms with Gasteiger partial charge >= 0.3 is 0 Å². The molecule has 0 saturated carbocycles. The molecular weight excluding hydrogens is 95.1 g/mol. The molecule has 2 heteroatoms. The normalized spacial score (nSPS) is 18.1. The van der Waals surface area contributed by atoms with Crippen molar-refractivity contribution in [3.8, 4) is 0 Å². The van der Waals surface area contributed by atoms with Crippen molar-refractivity contribution in [2.45, 2.75) is 12.5 Å². The fourth-order valence-corrected chi connectivity index (χ4v) is 0.0546. The van der Waals surface area contributed by atoms with E-state index in [0.717, 1.165) is 0 Å². The first kappa shape index (κ1) is 6.63. The van der Waals surface area contributed by atoms with Crippen molar-refractivity contribution < 1.29 is 9.50 Å². The second-order valence-corrected chi connectivity index (χ2v) is 1.69. The Balaban J connectivity index is 3.58. The monoisotopic (exact) mass is 104 g/mol. The molecule has 0 spiro atoms. The number of hydrogen-bond acceptors (Lipinski definition) is 1. The maximum absolute atomic E-state index is 11.4. The standard InChI is InChI=1S/C5H9FO/c1-3-5(2,7)4-6/h3,7H,1,4H2,2H3/t5-/m1/s1. The highest BCUT2D eigenvalue weighted by Crippen LogP contribution is 2.02. The predicted octanol–water partition coefficient (Wildman–Crippen LogP) is 0.893. The molecule has 0 unspecified atom stereocenters. The smallest absolute Gasteiger partial charge is 0.121 e. The van der Waals surface area contributed by atoms with Crippen molar-refractivity contribution in [3.05, 3.63) is 12.7 Å². The second-order valence-electron chi connectivity index (χ2n) is 1.69. The van der Waals surface area contributed by atoms with Crippen LogP contribution in [0.5, 0.6) is 0 Å². The Morgan fingerprint density at radius 3 is 2.43 bits per heavy atom. The maximum atomic E-state index is 11.4. The van der Waals surface area contributed by atoms with Gasteiger partial charge in [0.25, 0.3) is 0 Å². The average Bonchev–Trinajstić information content (AvgIpc) is 1.68. The molecule has 0 radical (unpaired) electrons. The molecule has 0 aliphatic carbocycles. The van der Waals surface area contributed by atoms with Crippen LogP contribution in [0.3, 0.4) is 0 Å². The highest BCUT2D eigenvalue weighted by Gasteiger charge is 2.12. The predicted molar refractivity (Wildman–Crippen MR) is 26.8 cm³/mol. The van der Waals surface area contributed by atoms with Crippen LogP contribution in [0.15, 0.2) is 12.7 Å². The topological polar surface area (TPSA) is 20.2 Å². The SMILES string of the molecule is C=C[C@@](C)(O)CF. The fourth-order valence-electron chi connectivity index (χ4n) is 0.0546. The van der Waals surface area contributed by atoms with E-state index in [2.05, 4.69) is 6.58 Å². The van der Waals surface area contributed by atoms with Crippen LogP contribution in [0.25, 0.3) is 0 Å². The molecule has 0 heterocycles. The molecule has 7 heavy (non-hydrogen) atoms. The number of hydrogen-bond donors (Lipinski definition) is 1. The van der Waals surface area contributed by atoms with Gasteiger partial charge in [-0.05, 0) is 6.92 Å². The Kier molecular flexibility index (Phi) is 1.96. The van der Waals surface area contributed by atoms with Crippen LogP contribution in [-0.2, 0) is 0 Å². The zero-order valence-corrected chi connectivity index (χ0v) is 4.32. The van der Waals surface area contributed by atoms with Gasteiger partial charge in [-0.3, -0.25) is 0 Å².